The molecule has 7 heteroatoms. The lowest BCUT2D eigenvalue weighted by molar-refractivity contribution is -0.123. The molecular weight excluding hydrogens is 258 g/mol. The first-order valence-electron chi connectivity index (χ1n) is 5.66. The predicted molar refractivity (Wildman–Crippen MR) is 65.8 cm³/mol. The highest BCUT2D eigenvalue weighted by Gasteiger charge is 2.22. The lowest BCUT2D eigenvalue weighted by Gasteiger charge is -2.20. The number of anilines is 1. The van der Waals surface area contributed by atoms with Gasteiger partial charge in [0.2, 0.25) is 17.7 Å². The standard InChI is InChI=1S/C11H14ClN3O3/c1-17-9-5-8(12)13-11(14-9)15-10(16)7-3-2-4-18-6-7/h5,7H,2-4,6H2,1H3,(H,13,14,15,16). The summed E-state index contributed by atoms with van der Waals surface area (Å²) in [6.45, 7) is 1.15. The lowest BCUT2D eigenvalue weighted by Crippen LogP contribution is -2.30. The number of aromatic nitrogens is 2. The number of carbonyl (C=O) groups is 1. The second-order valence-corrected chi connectivity index (χ2v) is 4.35. The van der Waals surface area contributed by atoms with Crippen molar-refractivity contribution in [1.82, 2.24) is 9.97 Å². The Morgan fingerprint density at radius 3 is 3.11 bits per heavy atom. The van der Waals surface area contributed by atoms with Gasteiger partial charge in [-0.2, -0.15) is 4.98 Å². The summed E-state index contributed by atoms with van der Waals surface area (Å²) in [7, 11) is 1.47. The van der Waals surface area contributed by atoms with Crippen LogP contribution in [0.2, 0.25) is 5.15 Å². The molecule has 2 rings (SSSR count). The third-order valence-corrected chi connectivity index (χ3v) is 2.84. The number of halogens is 1. The molecule has 0 bridgehead atoms. The number of amides is 1. The largest absolute Gasteiger partial charge is 0.481 e. The Hall–Kier alpha value is -1.40. The van der Waals surface area contributed by atoms with E-state index >= 15 is 0 Å². The molecule has 1 unspecified atom stereocenters. The van der Waals surface area contributed by atoms with Crippen molar-refractivity contribution in [2.45, 2.75) is 12.8 Å². The molecule has 0 radical (unpaired) electrons. The maximum atomic E-state index is 11.9. The third kappa shape index (κ3) is 3.30. The van der Waals surface area contributed by atoms with Crippen molar-refractivity contribution < 1.29 is 14.3 Å². The van der Waals surface area contributed by atoms with E-state index in [1.54, 1.807) is 0 Å². The van der Waals surface area contributed by atoms with E-state index in [4.69, 9.17) is 21.1 Å². The average Bonchev–Trinajstić information content (AvgIpc) is 2.39. The molecule has 1 fully saturated rings. The fourth-order valence-corrected chi connectivity index (χ4v) is 1.89. The van der Waals surface area contributed by atoms with Gasteiger partial charge in [0, 0.05) is 12.7 Å². The Balaban J connectivity index is 2.03. The van der Waals surface area contributed by atoms with Crippen molar-refractivity contribution in [2.24, 2.45) is 5.92 Å². The molecule has 1 atom stereocenters. The number of ether oxygens (including phenoxy) is 2. The number of methoxy groups -OCH3 is 1. The van der Waals surface area contributed by atoms with Crippen molar-refractivity contribution in [3.05, 3.63) is 11.2 Å². The van der Waals surface area contributed by atoms with E-state index in [0.29, 0.717) is 19.1 Å². The highest BCUT2D eigenvalue weighted by Crippen LogP contribution is 2.18. The normalized spacial score (nSPS) is 19.3. The molecular formula is C11H14ClN3O3. The Bertz CT molecular complexity index is 436. The van der Waals surface area contributed by atoms with Gasteiger partial charge in [-0.25, -0.2) is 4.98 Å². The Morgan fingerprint density at radius 1 is 1.61 bits per heavy atom. The van der Waals surface area contributed by atoms with E-state index in [-0.39, 0.29) is 22.9 Å². The maximum Gasteiger partial charge on any atom is 0.234 e. The minimum Gasteiger partial charge on any atom is -0.481 e. The molecule has 98 valence electrons. The van der Waals surface area contributed by atoms with Gasteiger partial charge in [0.1, 0.15) is 5.15 Å². The van der Waals surface area contributed by atoms with E-state index in [1.165, 1.54) is 13.2 Å². The third-order valence-electron chi connectivity index (χ3n) is 2.65. The summed E-state index contributed by atoms with van der Waals surface area (Å²) in [4.78, 5) is 19.8. The second-order valence-electron chi connectivity index (χ2n) is 3.96. The van der Waals surface area contributed by atoms with Crippen LogP contribution >= 0.6 is 11.6 Å². The minimum atomic E-state index is -0.160. The van der Waals surface area contributed by atoms with Crippen LogP contribution in [0, 0.1) is 5.92 Å². The number of nitrogens with one attached hydrogen (secondary N) is 1. The zero-order valence-corrected chi connectivity index (χ0v) is 10.7. The van der Waals surface area contributed by atoms with Gasteiger partial charge >= 0.3 is 0 Å². The van der Waals surface area contributed by atoms with Crippen molar-refractivity contribution in [3.63, 3.8) is 0 Å². The molecule has 0 spiro atoms. The highest BCUT2D eigenvalue weighted by molar-refractivity contribution is 6.29. The van der Waals surface area contributed by atoms with Crippen LogP contribution in [0.5, 0.6) is 5.88 Å². The predicted octanol–water partition coefficient (Wildman–Crippen LogP) is 1.50. The summed E-state index contributed by atoms with van der Waals surface area (Å²) in [5.41, 5.74) is 0. The zero-order valence-electron chi connectivity index (χ0n) is 9.98. The van der Waals surface area contributed by atoms with Crippen molar-refractivity contribution in [1.29, 1.82) is 0 Å². The highest BCUT2D eigenvalue weighted by atomic mass is 35.5. The summed E-state index contributed by atoms with van der Waals surface area (Å²) in [6, 6.07) is 1.47. The number of hydrogen-bond donors (Lipinski definition) is 1. The van der Waals surface area contributed by atoms with Gasteiger partial charge in [0.05, 0.1) is 19.6 Å². The summed E-state index contributed by atoms with van der Waals surface area (Å²) < 4.78 is 10.2. The first kappa shape index (κ1) is 13.0. The van der Waals surface area contributed by atoms with Crippen molar-refractivity contribution >= 4 is 23.5 Å². The molecule has 1 saturated heterocycles. The van der Waals surface area contributed by atoms with Gasteiger partial charge in [-0.1, -0.05) is 11.6 Å². The maximum absolute atomic E-state index is 11.9. The molecule has 1 aliphatic rings. The molecule has 2 heterocycles. The van der Waals surface area contributed by atoms with Gasteiger partial charge in [-0.15, -0.1) is 0 Å². The smallest absolute Gasteiger partial charge is 0.234 e. The van der Waals surface area contributed by atoms with Gasteiger partial charge in [-0.05, 0) is 12.8 Å². The number of carbonyl (C=O) groups excluding carboxylic acids is 1. The molecule has 18 heavy (non-hydrogen) atoms. The Kier molecular flexibility index (Phi) is 4.33. The first-order chi connectivity index (χ1) is 8.69. The molecule has 0 aromatic carbocycles. The summed E-state index contributed by atoms with van der Waals surface area (Å²) in [5, 5.41) is 2.84. The van der Waals surface area contributed by atoms with Crippen LogP contribution in [0.3, 0.4) is 0 Å². The van der Waals surface area contributed by atoms with E-state index in [0.717, 1.165) is 12.8 Å². The van der Waals surface area contributed by atoms with E-state index in [9.17, 15) is 4.79 Å². The lowest BCUT2D eigenvalue weighted by atomic mass is 10.0. The summed E-state index contributed by atoms with van der Waals surface area (Å²) in [6.07, 6.45) is 1.70. The molecule has 1 aromatic rings. The fourth-order valence-electron chi connectivity index (χ4n) is 1.72. The van der Waals surface area contributed by atoms with Crippen LogP contribution in [0.15, 0.2) is 6.07 Å². The van der Waals surface area contributed by atoms with Crippen LogP contribution in [0.4, 0.5) is 5.95 Å². The molecule has 1 amide bonds. The van der Waals surface area contributed by atoms with Gasteiger partial charge in [0.15, 0.2) is 0 Å². The fraction of sp³-hybridized carbons (Fsp3) is 0.545. The molecule has 1 aliphatic heterocycles. The number of hydrogen-bond acceptors (Lipinski definition) is 5. The SMILES string of the molecule is COc1cc(Cl)nc(NC(=O)C2CCCOC2)n1. The van der Waals surface area contributed by atoms with Crippen LogP contribution in [0.1, 0.15) is 12.8 Å². The molecule has 1 N–H and O–H groups in total. The number of nitrogens with zero attached hydrogens (tertiary/aromatic N) is 2. The summed E-state index contributed by atoms with van der Waals surface area (Å²) in [5.74, 6) is 0.145. The van der Waals surface area contributed by atoms with Crippen LogP contribution in [-0.4, -0.2) is 36.2 Å². The van der Waals surface area contributed by atoms with Gasteiger partial charge < -0.3 is 9.47 Å². The average molecular weight is 272 g/mol. The van der Waals surface area contributed by atoms with Gasteiger partial charge in [-0.3, -0.25) is 10.1 Å². The van der Waals surface area contributed by atoms with E-state index in [1.807, 2.05) is 0 Å². The van der Waals surface area contributed by atoms with Crippen LogP contribution in [0.25, 0.3) is 0 Å². The Morgan fingerprint density at radius 2 is 2.44 bits per heavy atom. The molecule has 1 aromatic heterocycles. The van der Waals surface area contributed by atoms with Crippen LogP contribution in [-0.2, 0) is 9.53 Å². The van der Waals surface area contributed by atoms with Crippen molar-refractivity contribution in [3.8, 4) is 5.88 Å². The molecule has 6 nitrogen and oxygen atoms in total. The zero-order chi connectivity index (χ0) is 13.0. The molecule has 0 saturated carbocycles. The minimum absolute atomic E-state index is 0.148. The number of rotatable bonds is 3. The molecule has 0 aliphatic carbocycles. The Labute approximate surface area is 110 Å². The van der Waals surface area contributed by atoms with Crippen LogP contribution < -0.4 is 10.1 Å². The topological polar surface area (TPSA) is 73.3 Å². The van der Waals surface area contributed by atoms with E-state index < -0.39 is 0 Å². The second kappa shape index (κ2) is 5.97. The summed E-state index contributed by atoms with van der Waals surface area (Å²) >= 11 is 5.79. The first-order valence-corrected chi connectivity index (χ1v) is 6.04. The van der Waals surface area contributed by atoms with E-state index in [2.05, 4.69) is 15.3 Å². The monoisotopic (exact) mass is 271 g/mol. The quantitative estimate of drug-likeness (QED) is 0.844. The van der Waals surface area contributed by atoms with Crippen molar-refractivity contribution in [2.75, 3.05) is 25.6 Å². The van der Waals surface area contributed by atoms with Gasteiger partial charge in [0.25, 0.3) is 0 Å².